The number of rotatable bonds is 4. The van der Waals surface area contributed by atoms with Crippen molar-refractivity contribution in [3.05, 3.63) is 29.7 Å². The van der Waals surface area contributed by atoms with Crippen molar-refractivity contribution in [3.8, 4) is 0 Å². The van der Waals surface area contributed by atoms with Crippen LogP contribution in [0.25, 0.3) is 11.1 Å². The number of pyridine rings is 1. The summed E-state index contributed by atoms with van der Waals surface area (Å²) < 4.78 is 10.8. The standard InChI is InChI=1S/C16H18N2O5/c1-9-4-5-12-11(17-9)7-13(23-12)15(19)18-14(16(20)21)10-3-2-6-22-8-10/h4-5,7,10,14H,2-3,6,8H2,1H3,(H,18,19)(H,20,21). The molecular weight excluding hydrogens is 300 g/mol. The third-order valence-electron chi connectivity index (χ3n) is 3.96. The highest BCUT2D eigenvalue weighted by molar-refractivity contribution is 5.97. The van der Waals surface area contributed by atoms with E-state index in [9.17, 15) is 14.7 Å². The Kier molecular flexibility index (Phi) is 4.29. The largest absolute Gasteiger partial charge is 0.480 e. The number of aromatic nitrogens is 1. The number of carbonyl (C=O) groups is 2. The molecule has 1 saturated heterocycles. The van der Waals surface area contributed by atoms with E-state index in [1.54, 1.807) is 12.1 Å². The molecule has 2 atom stereocenters. The van der Waals surface area contributed by atoms with Gasteiger partial charge in [0.05, 0.1) is 6.61 Å². The Balaban J connectivity index is 1.78. The molecule has 7 heteroatoms. The van der Waals surface area contributed by atoms with Crippen molar-refractivity contribution >= 4 is 23.0 Å². The lowest BCUT2D eigenvalue weighted by Crippen LogP contribution is -2.48. The number of hydrogen-bond acceptors (Lipinski definition) is 5. The minimum atomic E-state index is -1.07. The molecule has 0 bridgehead atoms. The number of amides is 1. The zero-order valence-corrected chi connectivity index (χ0v) is 12.7. The number of aryl methyl sites for hydroxylation is 1. The van der Waals surface area contributed by atoms with Crippen LogP contribution in [0, 0.1) is 12.8 Å². The summed E-state index contributed by atoms with van der Waals surface area (Å²) in [6, 6.07) is 4.05. The fourth-order valence-corrected chi connectivity index (χ4v) is 2.76. The van der Waals surface area contributed by atoms with Crippen LogP contribution in [-0.4, -0.2) is 41.2 Å². The van der Waals surface area contributed by atoms with Gasteiger partial charge in [-0.2, -0.15) is 0 Å². The smallest absolute Gasteiger partial charge is 0.326 e. The van der Waals surface area contributed by atoms with Crippen LogP contribution >= 0.6 is 0 Å². The van der Waals surface area contributed by atoms with Gasteiger partial charge in [-0.15, -0.1) is 0 Å². The van der Waals surface area contributed by atoms with Crippen molar-refractivity contribution in [2.24, 2.45) is 5.92 Å². The van der Waals surface area contributed by atoms with E-state index in [0.29, 0.717) is 30.7 Å². The van der Waals surface area contributed by atoms with E-state index in [2.05, 4.69) is 10.3 Å². The van der Waals surface area contributed by atoms with Crippen molar-refractivity contribution in [2.45, 2.75) is 25.8 Å². The Morgan fingerprint density at radius 3 is 2.96 bits per heavy atom. The molecule has 0 saturated carbocycles. The lowest BCUT2D eigenvalue weighted by molar-refractivity contribution is -0.142. The van der Waals surface area contributed by atoms with E-state index in [-0.39, 0.29) is 11.7 Å². The molecule has 2 aromatic heterocycles. The summed E-state index contributed by atoms with van der Waals surface area (Å²) in [6.45, 7) is 2.80. The van der Waals surface area contributed by atoms with Gasteiger partial charge in [0.25, 0.3) is 5.91 Å². The van der Waals surface area contributed by atoms with E-state index in [0.717, 1.165) is 12.1 Å². The van der Waals surface area contributed by atoms with Gasteiger partial charge < -0.3 is 19.6 Å². The molecule has 3 heterocycles. The third kappa shape index (κ3) is 3.34. The molecule has 23 heavy (non-hydrogen) atoms. The number of nitrogens with one attached hydrogen (secondary N) is 1. The van der Waals surface area contributed by atoms with Crippen molar-refractivity contribution < 1.29 is 23.8 Å². The molecule has 0 spiro atoms. The maximum Gasteiger partial charge on any atom is 0.326 e. The molecule has 1 amide bonds. The van der Waals surface area contributed by atoms with Gasteiger partial charge in [0.1, 0.15) is 11.6 Å². The average molecular weight is 318 g/mol. The SMILES string of the molecule is Cc1ccc2oc(C(=O)NC(C(=O)O)C3CCCOC3)cc2n1. The van der Waals surface area contributed by atoms with Crippen LogP contribution in [0.3, 0.4) is 0 Å². The minimum Gasteiger partial charge on any atom is -0.480 e. The van der Waals surface area contributed by atoms with E-state index < -0.39 is 17.9 Å². The van der Waals surface area contributed by atoms with Crippen molar-refractivity contribution in [2.75, 3.05) is 13.2 Å². The van der Waals surface area contributed by atoms with Crippen LogP contribution in [0.15, 0.2) is 22.6 Å². The first-order valence-corrected chi connectivity index (χ1v) is 7.53. The fraction of sp³-hybridized carbons (Fsp3) is 0.438. The van der Waals surface area contributed by atoms with Crippen molar-refractivity contribution in [1.82, 2.24) is 10.3 Å². The van der Waals surface area contributed by atoms with Gasteiger partial charge >= 0.3 is 5.97 Å². The van der Waals surface area contributed by atoms with E-state index in [4.69, 9.17) is 9.15 Å². The molecule has 0 aromatic carbocycles. The second-order valence-corrected chi connectivity index (χ2v) is 5.71. The number of carboxylic acid groups (broad SMARTS) is 1. The maximum atomic E-state index is 12.3. The quantitative estimate of drug-likeness (QED) is 0.890. The van der Waals surface area contributed by atoms with Gasteiger partial charge in [0, 0.05) is 24.3 Å². The second-order valence-electron chi connectivity index (χ2n) is 5.71. The summed E-state index contributed by atoms with van der Waals surface area (Å²) in [7, 11) is 0. The Morgan fingerprint density at radius 2 is 2.26 bits per heavy atom. The molecule has 2 unspecified atom stereocenters. The predicted molar refractivity (Wildman–Crippen MR) is 81.2 cm³/mol. The molecule has 3 rings (SSSR count). The molecule has 0 radical (unpaired) electrons. The Morgan fingerprint density at radius 1 is 1.43 bits per heavy atom. The third-order valence-corrected chi connectivity index (χ3v) is 3.96. The highest BCUT2D eigenvalue weighted by atomic mass is 16.5. The van der Waals surface area contributed by atoms with E-state index in [1.807, 2.05) is 6.92 Å². The zero-order valence-electron chi connectivity index (χ0n) is 12.7. The number of hydrogen-bond donors (Lipinski definition) is 2. The molecule has 1 aliphatic heterocycles. The molecule has 2 N–H and O–H groups in total. The summed E-state index contributed by atoms with van der Waals surface area (Å²) in [6.07, 6.45) is 1.50. The molecule has 1 aliphatic rings. The number of aliphatic carboxylic acids is 1. The van der Waals surface area contributed by atoms with Crippen molar-refractivity contribution in [1.29, 1.82) is 0 Å². The van der Waals surface area contributed by atoms with Crippen LogP contribution < -0.4 is 5.32 Å². The number of carboxylic acids is 1. The minimum absolute atomic E-state index is 0.0566. The highest BCUT2D eigenvalue weighted by Gasteiger charge is 2.32. The Bertz CT molecular complexity index is 733. The van der Waals surface area contributed by atoms with Crippen LogP contribution in [0.1, 0.15) is 29.1 Å². The Labute approximate surface area is 132 Å². The van der Waals surface area contributed by atoms with Gasteiger partial charge in [-0.05, 0) is 31.9 Å². The number of furan rings is 1. The summed E-state index contributed by atoms with van der Waals surface area (Å²) in [5.74, 6) is -1.81. The predicted octanol–water partition coefficient (Wildman–Crippen LogP) is 1.75. The van der Waals surface area contributed by atoms with Gasteiger partial charge in [0.15, 0.2) is 11.3 Å². The van der Waals surface area contributed by atoms with Crippen LogP contribution in [0.4, 0.5) is 0 Å². The fourth-order valence-electron chi connectivity index (χ4n) is 2.76. The normalized spacial score (nSPS) is 19.4. The number of fused-ring (bicyclic) bond motifs is 1. The lowest BCUT2D eigenvalue weighted by Gasteiger charge is -2.27. The van der Waals surface area contributed by atoms with Gasteiger partial charge in [-0.25, -0.2) is 9.78 Å². The average Bonchev–Trinajstić information content (AvgIpc) is 2.96. The zero-order chi connectivity index (χ0) is 16.4. The summed E-state index contributed by atoms with van der Waals surface area (Å²) in [5.41, 5.74) is 1.88. The maximum absolute atomic E-state index is 12.3. The highest BCUT2D eigenvalue weighted by Crippen LogP contribution is 2.20. The van der Waals surface area contributed by atoms with Crippen molar-refractivity contribution in [3.63, 3.8) is 0 Å². The summed E-state index contributed by atoms with van der Waals surface area (Å²) in [4.78, 5) is 28.1. The summed E-state index contributed by atoms with van der Waals surface area (Å²) in [5, 5.41) is 11.9. The van der Waals surface area contributed by atoms with E-state index >= 15 is 0 Å². The number of nitrogens with zero attached hydrogens (tertiary/aromatic N) is 1. The van der Waals surface area contributed by atoms with E-state index in [1.165, 1.54) is 6.07 Å². The first kappa shape index (κ1) is 15.5. The van der Waals surface area contributed by atoms with Crippen LogP contribution in [0.5, 0.6) is 0 Å². The monoisotopic (exact) mass is 318 g/mol. The number of carbonyl (C=O) groups excluding carboxylic acids is 1. The Hall–Kier alpha value is -2.41. The molecule has 7 nitrogen and oxygen atoms in total. The van der Waals surface area contributed by atoms with Gasteiger partial charge in [-0.3, -0.25) is 4.79 Å². The summed E-state index contributed by atoms with van der Waals surface area (Å²) >= 11 is 0. The van der Waals surface area contributed by atoms with Gasteiger partial charge in [-0.1, -0.05) is 0 Å². The molecular formula is C16H18N2O5. The lowest BCUT2D eigenvalue weighted by atomic mass is 9.93. The molecule has 1 fully saturated rings. The first-order chi connectivity index (χ1) is 11.0. The second kappa shape index (κ2) is 6.37. The first-order valence-electron chi connectivity index (χ1n) is 7.53. The van der Waals surface area contributed by atoms with Gasteiger partial charge in [0.2, 0.25) is 0 Å². The van der Waals surface area contributed by atoms with Crippen LogP contribution in [-0.2, 0) is 9.53 Å². The molecule has 2 aromatic rings. The topological polar surface area (TPSA) is 102 Å². The molecule has 122 valence electrons. The van der Waals surface area contributed by atoms with Crippen LogP contribution in [0.2, 0.25) is 0 Å². The number of ether oxygens (including phenoxy) is 1. The molecule has 0 aliphatic carbocycles.